The van der Waals surface area contributed by atoms with E-state index in [1.54, 1.807) is 6.07 Å². The van der Waals surface area contributed by atoms with Gasteiger partial charge in [0.2, 0.25) is 0 Å². The average Bonchev–Trinajstić information content (AvgIpc) is 3.00. The van der Waals surface area contributed by atoms with Gasteiger partial charge in [0.15, 0.2) is 0 Å². The molecule has 0 spiro atoms. The molecule has 2 fully saturated rings. The van der Waals surface area contributed by atoms with Gasteiger partial charge in [-0.05, 0) is 53.4 Å². The summed E-state index contributed by atoms with van der Waals surface area (Å²) in [6.07, 6.45) is 3.13. The van der Waals surface area contributed by atoms with Crippen molar-refractivity contribution in [3.05, 3.63) is 28.2 Å². The zero-order valence-electron chi connectivity index (χ0n) is 10.9. The molecule has 1 aromatic rings. The molecule has 3 rings (SSSR count). The molecule has 1 amide bonds. The Balaban J connectivity index is 1.79. The number of hydrogen-bond acceptors (Lipinski definition) is 4. The molecule has 2 heterocycles. The molecule has 2 saturated heterocycles. The molecule has 0 radical (unpaired) electrons. The third-order valence-corrected chi connectivity index (χ3v) is 6.19. The third-order valence-electron chi connectivity index (χ3n) is 3.88. The van der Waals surface area contributed by atoms with Gasteiger partial charge >= 0.3 is 0 Å². The maximum absolute atomic E-state index is 12.2. The highest BCUT2D eigenvalue weighted by molar-refractivity contribution is 9.10. The first-order valence-electron chi connectivity index (χ1n) is 6.55. The first kappa shape index (κ1) is 15.3. The van der Waals surface area contributed by atoms with Gasteiger partial charge < -0.3 is 10.1 Å². The standard InChI is InChI=1S/C13H13BrClNO4S/c14-9-3-1-7(5-12(9)21(15,18)19)13(17)16-10-6-8-2-4-11(10)20-8/h1,3,5,8,10-11H,2,4,6H2,(H,16,17). The van der Waals surface area contributed by atoms with Crippen LogP contribution in [0.3, 0.4) is 0 Å². The Morgan fingerprint density at radius 2 is 2.14 bits per heavy atom. The molecule has 114 valence electrons. The highest BCUT2D eigenvalue weighted by Gasteiger charge is 2.41. The van der Waals surface area contributed by atoms with Gasteiger partial charge in [-0.3, -0.25) is 4.79 Å². The van der Waals surface area contributed by atoms with Crippen LogP contribution >= 0.6 is 26.6 Å². The molecule has 3 atom stereocenters. The maximum atomic E-state index is 12.2. The molecule has 0 aliphatic carbocycles. The summed E-state index contributed by atoms with van der Waals surface area (Å²) < 4.78 is 28.9. The highest BCUT2D eigenvalue weighted by atomic mass is 79.9. The minimum atomic E-state index is -3.90. The normalized spacial score (nSPS) is 27.8. The summed E-state index contributed by atoms with van der Waals surface area (Å²) in [5.41, 5.74) is 0.264. The van der Waals surface area contributed by atoms with Crippen molar-refractivity contribution in [3.8, 4) is 0 Å². The van der Waals surface area contributed by atoms with Gasteiger partial charge in [-0.15, -0.1) is 0 Å². The molecule has 2 aliphatic heterocycles. The molecule has 3 unspecified atom stereocenters. The number of ether oxygens (including phenoxy) is 1. The number of carbonyl (C=O) groups is 1. The van der Waals surface area contributed by atoms with E-state index in [1.807, 2.05) is 0 Å². The summed E-state index contributed by atoms with van der Waals surface area (Å²) >= 11 is 3.11. The van der Waals surface area contributed by atoms with Crippen molar-refractivity contribution >= 4 is 41.6 Å². The van der Waals surface area contributed by atoms with E-state index in [4.69, 9.17) is 15.4 Å². The fourth-order valence-electron chi connectivity index (χ4n) is 2.87. The Kier molecular flexibility index (Phi) is 4.02. The van der Waals surface area contributed by atoms with Crippen molar-refractivity contribution in [3.63, 3.8) is 0 Å². The zero-order chi connectivity index (χ0) is 15.2. The number of amides is 1. The molecule has 5 nitrogen and oxygen atoms in total. The number of carbonyl (C=O) groups excluding carboxylic acids is 1. The van der Waals surface area contributed by atoms with Crippen molar-refractivity contribution in [2.45, 2.75) is 42.4 Å². The van der Waals surface area contributed by atoms with Crippen LogP contribution in [0.4, 0.5) is 0 Å². The second-order valence-corrected chi connectivity index (χ2v) is 8.66. The molecular formula is C13H13BrClNO4S. The Bertz CT molecular complexity index is 693. The van der Waals surface area contributed by atoms with Crippen LogP contribution in [0, 0.1) is 0 Å². The Morgan fingerprint density at radius 1 is 1.38 bits per heavy atom. The minimum Gasteiger partial charge on any atom is -0.373 e. The van der Waals surface area contributed by atoms with Crippen molar-refractivity contribution in [2.24, 2.45) is 0 Å². The SMILES string of the molecule is O=C(NC1CC2CCC1O2)c1ccc(Br)c(S(=O)(=O)Cl)c1. The van der Waals surface area contributed by atoms with E-state index >= 15 is 0 Å². The molecule has 8 heteroatoms. The van der Waals surface area contributed by atoms with E-state index in [0.717, 1.165) is 19.3 Å². The predicted octanol–water partition coefficient (Wildman–Crippen LogP) is 2.43. The molecule has 1 N–H and O–H groups in total. The van der Waals surface area contributed by atoms with Crippen LogP contribution in [0.5, 0.6) is 0 Å². The lowest BCUT2D eigenvalue weighted by Gasteiger charge is -2.20. The van der Waals surface area contributed by atoms with Gasteiger partial charge in [-0.25, -0.2) is 8.42 Å². The predicted molar refractivity (Wildman–Crippen MR) is 80.9 cm³/mol. The Labute approximate surface area is 135 Å². The quantitative estimate of drug-likeness (QED) is 0.799. The van der Waals surface area contributed by atoms with Crippen molar-refractivity contribution < 1.29 is 17.9 Å². The number of nitrogens with one attached hydrogen (secondary N) is 1. The van der Waals surface area contributed by atoms with E-state index in [1.165, 1.54) is 12.1 Å². The monoisotopic (exact) mass is 393 g/mol. The van der Waals surface area contributed by atoms with Crippen LogP contribution in [0.2, 0.25) is 0 Å². The summed E-state index contributed by atoms with van der Waals surface area (Å²) in [7, 11) is 1.45. The lowest BCUT2D eigenvalue weighted by atomic mass is 9.95. The van der Waals surface area contributed by atoms with E-state index in [0.29, 0.717) is 4.47 Å². The number of fused-ring (bicyclic) bond motifs is 2. The number of benzene rings is 1. The summed E-state index contributed by atoms with van der Waals surface area (Å²) in [5.74, 6) is -0.315. The summed E-state index contributed by atoms with van der Waals surface area (Å²) in [6, 6.07) is 4.33. The second-order valence-electron chi connectivity index (χ2n) is 5.27. The van der Waals surface area contributed by atoms with Crippen molar-refractivity contribution in [1.29, 1.82) is 0 Å². The Hall–Kier alpha value is -0.630. The molecule has 2 aliphatic rings. The summed E-state index contributed by atoms with van der Waals surface area (Å²) in [6.45, 7) is 0. The van der Waals surface area contributed by atoms with Crippen LogP contribution in [0.1, 0.15) is 29.6 Å². The third kappa shape index (κ3) is 3.11. The molecule has 2 bridgehead atoms. The first-order valence-corrected chi connectivity index (χ1v) is 9.65. The second kappa shape index (κ2) is 5.53. The molecule has 0 saturated carbocycles. The van der Waals surface area contributed by atoms with Gasteiger partial charge in [0.25, 0.3) is 15.0 Å². The Morgan fingerprint density at radius 3 is 2.71 bits per heavy atom. The van der Waals surface area contributed by atoms with Gasteiger partial charge in [0.1, 0.15) is 0 Å². The largest absolute Gasteiger partial charge is 0.373 e. The lowest BCUT2D eigenvalue weighted by molar-refractivity contribution is 0.0840. The van der Waals surface area contributed by atoms with Crippen LogP contribution in [0.15, 0.2) is 27.6 Å². The smallest absolute Gasteiger partial charge is 0.262 e. The van der Waals surface area contributed by atoms with Crippen LogP contribution < -0.4 is 5.32 Å². The van der Waals surface area contributed by atoms with Gasteiger partial charge in [0.05, 0.1) is 23.1 Å². The number of hydrogen-bond donors (Lipinski definition) is 1. The van der Waals surface area contributed by atoms with Crippen LogP contribution in [0.25, 0.3) is 0 Å². The summed E-state index contributed by atoms with van der Waals surface area (Å²) in [4.78, 5) is 12.1. The first-order chi connectivity index (χ1) is 9.84. The van der Waals surface area contributed by atoms with Gasteiger partial charge in [0, 0.05) is 20.7 Å². The molecule has 0 aromatic heterocycles. The average molecular weight is 395 g/mol. The fourth-order valence-corrected chi connectivity index (χ4v) is 4.99. The van der Waals surface area contributed by atoms with Gasteiger partial charge in [-0.2, -0.15) is 0 Å². The van der Waals surface area contributed by atoms with Crippen LogP contribution in [-0.4, -0.2) is 32.6 Å². The van der Waals surface area contributed by atoms with E-state index in [-0.39, 0.29) is 34.6 Å². The van der Waals surface area contributed by atoms with Crippen LogP contribution in [-0.2, 0) is 13.8 Å². The zero-order valence-corrected chi connectivity index (χ0v) is 14.0. The van der Waals surface area contributed by atoms with E-state index < -0.39 is 9.05 Å². The van der Waals surface area contributed by atoms with E-state index in [9.17, 15) is 13.2 Å². The number of rotatable bonds is 3. The number of halogens is 2. The molecular weight excluding hydrogens is 382 g/mol. The lowest BCUT2D eigenvalue weighted by Crippen LogP contribution is -2.41. The maximum Gasteiger partial charge on any atom is 0.262 e. The molecule has 21 heavy (non-hydrogen) atoms. The fraction of sp³-hybridized carbons (Fsp3) is 0.462. The van der Waals surface area contributed by atoms with Gasteiger partial charge in [-0.1, -0.05) is 0 Å². The van der Waals surface area contributed by atoms with E-state index in [2.05, 4.69) is 21.2 Å². The highest BCUT2D eigenvalue weighted by Crippen LogP contribution is 2.34. The van der Waals surface area contributed by atoms with Crippen molar-refractivity contribution in [1.82, 2.24) is 5.32 Å². The molecule has 1 aromatic carbocycles. The minimum absolute atomic E-state index is 0.00374. The summed E-state index contributed by atoms with van der Waals surface area (Å²) in [5, 5.41) is 2.91. The van der Waals surface area contributed by atoms with Crippen molar-refractivity contribution in [2.75, 3.05) is 0 Å². The topological polar surface area (TPSA) is 72.5 Å².